The Bertz CT molecular complexity index is 468. The Morgan fingerprint density at radius 3 is 2.93 bits per heavy atom. The van der Waals surface area contributed by atoms with Crippen LogP contribution in [-0.2, 0) is 0 Å². The van der Waals surface area contributed by atoms with Gasteiger partial charge in [-0.1, -0.05) is 0 Å². The number of hydrogen-bond acceptors (Lipinski definition) is 3. The van der Waals surface area contributed by atoms with E-state index in [0.29, 0.717) is 5.92 Å². The van der Waals surface area contributed by atoms with Gasteiger partial charge in [-0.3, -0.25) is 0 Å². The summed E-state index contributed by atoms with van der Waals surface area (Å²) >= 11 is 1.77. The van der Waals surface area contributed by atoms with Gasteiger partial charge in [0.05, 0.1) is 16.8 Å². The lowest BCUT2D eigenvalue weighted by Crippen LogP contribution is -2.40. The van der Waals surface area contributed by atoms with Crippen molar-refractivity contribution in [1.29, 1.82) is 0 Å². The average molecular weight is 219 g/mol. The van der Waals surface area contributed by atoms with Crippen LogP contribution in [0.25, 0.3) is 10.6 Å². The molecule has 15 heavy (non-hydrogen) atoms. The number of hydrogen-bond donors (Lipinski definition) is 2. The van der Waals surface area contributed by atoms with Gasteiger partial charge in [0.2, 0.25) is 0 Å². The summed E-state index contributed by atoms with van der Waals surface area (Å²) in [6.07, 6.45) is 1.95. The lowest BCUT2D eigenvalue weighted by atomic mass is 10.0. The van der Waals surface area contributed by atoms with E-state index in [2.05, 4.69) is 33.7 Å². The Hall–Kier alpha value is -1.13. The van der Waals surface area contributed by atoms with Crippen molar-refractivity contribution in [2.45, 2.75) is 12.8 Å². The maximum absolute atomic E-state index is 4.45. The second kappa shape index (κ2) is 3.47. The van der Waals surface area contributed by atoms with Crippen molar-refractivity contribution in [3.05, 3.63) is 29.0 Å². The molecular formula is C11H13N3S. The predicted molar refractivity (Wildman–Crippen MR) is 62.2 cm³/mol. The van der Waals surface area contributed by atoms with Crippen molar-refractivity contribution < 1.29 is 0 Å². The molecule has 3 nitrogen and oxygen atoms in total. The second-order valence-electron chi connectivity index (χ2n) is 3.97. The highest BCUT2D eigenvalue weighted by molar-refractivity contribution is 7.13. The number of imidazole rings is 1. The Balaban J connectivity index is 1.93. The summed E-state index contributed by atoms with van der Waals surface area (Å²) < 4.78 is 0. The fourth-order valence-electron chi connectivity index (χ4n) is 1.79. The minimum absolute atomic E-state index is 0.582. The highest BCUT2D eigenvalue weighted by Crippen LogP contribution is 2.28. The average Bonchev–Trinajstić information content (AvgIpc) is 2.70. The molecule has 0 aliphatic carbocycles. The summed E-state index contributed by atoms with van der Waals surface area (Å²) in [5.41, 5.74) is 2.48. The maximum Gasteiger partial charge on any atom is 0.112 e. The Labute approximate surface area is 92.6 Å². The molecule has 3 heterocycles. The highest BCUT2D eigenvalue weighted by atomic mass is 32.1. The van der Waals surface area contributed by atoms with E-state index in [-0.39, 0.29) is 0 Å². The van der Waals surface area contributed by atoms with Gasteiger partial charge in [0.15, 0.2) is 0 Å². The molecule has 0 radical (unpaired) electrons. The first-order valence-electron chi connectivity index (χ1n) is 5.14. The number of aryl methyl sites for hydroxylation is 1. The molecule has 0 aromatic carbocycles. The third kappa shape index (κ3) is 1.50. The number of nitrogens with zero attached hydrogens (tertiary/aromatic N) is 1. The van der Waals surface area contributed by atoms with Gasteiger partial charge >= 0.3 is 0 Å². The van der Waals surface area contributed by atoms with Crippen LogP contribution in [0.3, 0.4) is 0 Å². The molecule has 0 spiro atoms. The summed E-state index contributed by atoms with van der Waals surface area (Å²) in [7, 11) is 0. The number of aromatic nitrogens is 2. The summed E-state index contributed by atoms with van der Waals surface area (Å²) in [5.74, 6) is 1.70. The van der Waals surface area contributed by atoms with Gasteiger partial charge in [0.25, 0.3) is 0 Å². The van der Waals surface area contributed by atoms with Crippen molar-refractivity contribution in [2.75, 3.05) is 13.1 Å². The topological polar surface area (TPSA) is 40.7 Å². The first-order chi connectivity index (χ1) is 7.34. The number of rotatable bonds is 2. The van der Waals surface area contributed by atoms with E-state index in [1.165, 1.54) is 10.4 Å². The molecule has 3 rings (SSSR count). The molecule has 0 atom stereocenters. The van der Waals surface area contributed by atoms with Crippen molar-refractivity contribution in [1.82, 2.24) is 15.3 Å². The number of nitrogens with one attached hydrogen (secondary N) is 2. The third-order valence-electron chi connectivity index (χ3n) is 2.87. The lowest BCUT2D eigenvalue weighted by Gasteiger charge is -2.24. The monoisotopic (exact) mass is 219 g/mol. The van der Waals surface area contributed by atoms with E-state index in [4.69, 9.17) is 0 Å². The Kier molecular flexibility index (Phi) is 2.11. The van der Waals surface area contributed by atoms with Crippen molar-refractivity contribution in [2.24, 2.45) is 0 Å². The molecule has 1 aliphatic rings. The van der Waals surface area contributed by atoms with Gasteiger partial charge in [-0.15, -0.1) is 11.3 Å². The van der Waals surface area contributed by atoms with Gasteiger partial charge in [0.1, 0.15) is 5.82 Å². The van der Waals surface area contributed by atoms with Crippen LogP contribution in [-0.4, -0.2) is 23.1 Å². The molecule has 2 N–H and O–H groups in total. The molecule has 78 valence electrons. The summed E-state index contributed by atoms with van der Waals surface area (Å²) in [4.78, 5) is 9.17. The zero-order chi connectivity index (χ0) is 10.3. The van der Waals surface area contributed by atoms with Gasteiger partial charge < -0.3 is 10.3 Å². The number of thiophene rings is 1. The minimum atomic E-state index is 0.582. The van der Waals surface area contributed by atoms with Gasteiger partial charge in [-0.2, -0.15) is 0 Å². The van der Waals surface area contributed by atoms with E-state index in [9.17, 15) is 0 Å². The largest absolute Gasteiger partial charge is 0.341 e. The molecule has 1 aliphatic heterocycles. The number of aromatic amines is 1. The van der Waals surface area contributed by atoms with Crippen molar-refractivity contribution in [3.8, 4) is 10.6 Å². The normalized spacial score (nSPS) is 16.6. The fraction of sp³-hybridized carbons (Fsp3) is 0.364. The van der Waals surface area contributed by atoms with E-state index in [1.54, 1.807) is 11.3 Å². The van der Waals surface area contributed by atoms with E-state index in [0.717, 1.165) is 24.6 Å². The molecule has 1 saturated heterocycles. The third-order valence-corrected chi connectivity index (χ3v) is 3.92. The van der Waals surface area contributed by atoms with E-state index >= 15 is 0 Å². The lowest BCUT2D eigenvalue weighted by molar-refractivity contribution is 0.433. The van der Waals surface area contributed by atoms with Crippen LogP contribution in [0, 0.1) is 6.92 Å². The molecule has 0 bridgehead atoms. The first-order valence-corrected chi connectivity index (χ1v) is 6.02. The summed E-state index contributed by atoms with van der Waals surface area (Å²) in [6.45, 7) is 4.24. The summed E-state index contributed by atoms with van der Waals surface area (Å²) in [6, 6.07) is 2.14. The van der Waals surface area contributed by atoms with Gasteiger partial charge in [-0.05, 0) is 23.9 Å². The molecule has 0 saturated carbocycles. The molecular weight excluding hydrogens is 206 g/mol. The molecule has 1 fully saturated rings. The predicted octanol–water partition coefficient (Wildman–Crippen LogP) is 2.13. The van der Waals surface area contributed by atoms with Crippen molar-refractivity contribution >= 4 is 11.3 Å². The van der Waals surface area contributed by atoms with Gasteiger partial charge in [0, 0.05) is 19.0 Å². The molecule has 4 heteroatoms. The van der Waals surface area contributed by atoms with Crippen LogP contribution < -0.4 is 5.32 Å². The quantitative estimate of drug-likeness (QED) is 0.812. The fourth-order valence-corrected chi connectivity index (χ4v) is 2.68. The summed E-state index contributed by atoms with van der Waals surface area (Å²) in [5, 5.41) is 5.38. The maximum atomic E-state index is 4.45. The van der Waals surface area contributed by atoms with Crippen LogP contribution in [0.5, 0.6) is 0 Å². The zero-order valence-electron chi connectivity index (χ0n) is 8.58. The Morgan fingerprint density at radius 2 is 2.33 bits per heavy atom. The highest BCUT2D eigenvalue weighted by Gasteiger charge is 2.22. The first kappa shape index (κ1) is 9.12. The van der Waals surface area contributed by atoms with Crippen LogP contribution in [0.15, 0.2) is 17.6 Å². The molecule has 0 unspecified atom stereocenters. The number of H-pyrrole nitrogens is 1. The van der Waals surface area contributed by atoms with Crippen LogP contribution >= 0.6 is 11.3 Å². The minimum Gasteiger partial charge on any atom is -0.341 e. The standard InChI is InChI=1S/C11H13N3S/c1-7-2-3-15-10(7)9-6-13-11(14-9)8-4-12-5-8/h2-3,6,8,12H,4-5H2,1H3,(H,13,14). The van der Waals surface area contributed by atoms with Crippen molar-refractivity contribution in [3.63, 3.8) is 0 Å². The van der Waals surface area contributed by atoms with Gasteiger partial charge in [-0.25, -0.2) is 4.98 Å². The molecule has 0 amide bonds. The molecule has 2 aromatic rings. The van der Waals surface area contributed by atoms with Crippen LogP contribution in [0.1, 0.15) is 17.3 Å². The van der Waals surface area contributed by atoms with E-state index in [1.807, 2.05) is 6.20 Å². The smallest absolute Gasteiger partial charge is 0.112 e. The SMILES string of the molecule is Cc1ccsc1-c1cnc(C2CNC2)[nH]1. The van der Waals surface area contributed by atoms with Crippen LogP contribution in [0.2, 0.25) is 0 Å². The zero-order valence-corrected chi connectivity index (χ0v) is 9.40. The molecule has 2 aromatic heterocycles. The van der Waals surface area contributed by atoms with E-state index < -0.39 is 0 Å². The Morgan fingerprint density at radius 1 is 1.47 bits per heavy atom. The van der Waals surface area contributed by atoms with Crippen LogP contribution in [0.4, 0.5) is 0 Å². The second-order valence-corrected chi connectivity index (χ2v) is 4.89.